The highest BCUT2D eigenvalue weighted by molar-refractivity contribution is 9.10. The zero-order chi connectivity index (χ0) is 14.0. The van der Waals surface area contributed by atoms with E-state index in [1.165, 1.54) is 20.9 Å². The topological polar surface area (TPSA) is 29.3 Å². The van der Waals surface area contributed by atoms with Gasteiger partial charge in [0.05, 0.1) is 0 Å². The maximum atomic E-state index is 5.94. The van der Waals surface area contributed by atoms with Crippen molar-refractivity contribution in [3.63, 3.8) is 0 Å². The highest BCUT2D eigenvalue weighted by Gasteiger charge is 2.11. The van der Waals surface area contributed by atoms with Crippen LogP contribution in [0.25, 0.3) is 10.4 Å². The molecule has 1 aromatic heterocycles. The predicted molar refractivity (Wildman–Crippen MR) is 87.4 cm³/mol. The van der Waals surface area contributed by atoms with Crippen LogP contribution in [0.5, 0.6) is 0 Å². The second-order valence-electron chi connectivity index (χ2n) is 5.03. The molecule has 1 unspecified atom stereocenters. The number of thiophene rings is 1. The number of nitrogens with zero attached hydrogens (tertiary/aromatic N) is 1. The summed E-state index contributed by atoms with van der Waals surface area (Å²) in [4.78, 5) is 4.70. The molecule has 2 N–H and O–H groups in total. The molecule has 0 spiro atoms. The fraction of sp³-hybridized carbons (Fsp3) is 0.333. The minimum Gasteiger partial charge on any atom is -0.324 e. The lowest BCUT2D eigenvalue weighted by Crippen LogP contribution is -2.11. The Labute approximate surface area is 127 Å². The Morgan fingerprint density at radius 1 is 1.26 bits per heavy atom. The van der Waals surface area contributed by atoms with Crippen LogP contribution >= 0.6 is 27.3 Å². The number of hydrogen-bond acceptors (Lipinski definition) is 3. The summed E-state index contributed by atoms with van der Waals surface area (Å²) in [6.07, 6.45) is 0. The first-order valence-corrected chi connectivity index (χ1v) is 7.87. The zero-order valence-corrected chi connectivity index (χ0v) is 13.9. The van der Waals surface area contributed by atoms with Gasteiger partial charge >= 0.3 is 0 Å². The Hall–Kier alpha value is -0.680. The Bertz CT molecular complexity index is 561. The third-order valence-corrected chi connectivity index (χ3v) is 4.71. The van der Waals surface area contributed by atoms with Gasteiger partial charge in [-0.1, -0.05) is 22.0 Å². The van der Waals surface area contributed by atoms with Crippen LogP contribution in [0.4, 0.5) is 0 Å². The van der Waals surface area contributed by atoms with Gasteiger partial charge < -0.3 is 10.6 Å². The maximum absolute atomic E-state index is 5.94. The van der Waals surface area contributed by atoms with Gasteiger partial charge in [0.1, 0.15) is 0 Å². The third-order valence-electron chi connectivity index (χ3n) is 2.89. The van der Waals surface area contributed by atoms with Crippen molar-refractivity contribution in [3.8, 4) is 10.4 Å². The maximum Gasteiger partial charge on any atom is 0.0361 e. The summed E-state index contributed by atoms with van der Waals surface area (Å²) in [5, 5.41) is 0. The summed E-state index contributed by atoms with van der Waals surface area (Å²) in [7, 11) is 4.18. The number of benzene rings is 1. The third kappa shape index (κ3) is 3.66. The second-order valence-corrected chi connectivity index (χ2v) is 7.06. The molecule has 0 amide bonds. The highest BCUT2D eigenvalue weighted by atomic mass is 79.9. The molecule has 2 rings (SSSR count). The quantitative estimate of drug-likeness (QED) is 0.902. The van der Waals surface area contributed by atoms with Crippen molar-refractivity contribution in [2.45, 2.75) is 19.5 Å². The van der Waals surface area contributed by atoms with E-state index in [-0.39, 0.29) is 6.04 Å². The fourth-order valence-corrected chi connectivity index (χ4v) is 3.45. The lowest BCUT2D eigenvalue weighted by molar-refractivity contribution is 0.403. The van der Waals surface area contributed by atoms with Gasteiger partial charge in [0, 0.05) is 26.8 Å². The predicted octanol–water partition coefficient (Wildman–Crippen LogP) is 4.26. The molecule has 0 aliphatic heterocycles. The molecule has 102 valence electrons. The van der Waals surface area contributed by atoms with Gasteiger partial charge in [0.2, 0.25) is 0 Å². The molecule has 4 heteroatoms. The van der Waals surface area contributed by atoms with E-state index in [4.69, 9.17) is 5.73 Å². The monoisotopic (exact) mass is 338 g/mol. The smallest absolute Gasteiger partial charge is 0.0361 e. The van der Waals surface area contributed by atoms with E-state index in [9.17, 15) is 0 Å². The van der Waals surface area contributed by atoms with E-state index < -0.39 is 0 Å². The lowest BCUT2D eigenvalue weighted by atomic mass is 10.1. The largest absolute Gasteiger partial charge is 0.324 e. The van der Waals surface area contributed by atoms with E-state index in [2.05, 4.69) is 65.3 Å². The van der Waals surface area contributed by atoms with E-state index in [0.29, 0.717) is 0 Å². The Balaban J connectivity index is 2.42. The molecule has 2 aromatic rings. The van der Waals surface area contributed by atoms with Gasteiger partial charge in [-0.3, -0.25) is 0 Å². The minimum absolute atomic E-state index is 0.103. The first kappa shape index (κ1) is 14.7. The molecular formula is C15H19BrN2S. The van der Waals surface area contributed by atoms with Gasteiger partial charge in [-0.2, -0.15) is 0 Å². The molecule has 0 aliphatic carbocycles. The normalized spacial score (nSPS) is 12.9. The van der Waals surface area contributed by atoms with Crippen LogP contribution in [0.1, 0.15) is 23.4 Å². The minimum atomic E-state index is 0.103. The van der Waals surface area contributed by atoms with Crippen LogP contribution in [0.3, 0.4) is 0 Å². The average Bonchev–Trinajstić information content (AvgIpc) is 2.77. The van der Waals surface area contributed by atoms with Crippen molar-refractivity contribution >= 4 is 27.3 Å². The van der Waals surface area contributed by atoms with Crippen molar-refractivity contribution in [1.82, 2.24) is 4.90 Å². The summed E-state index contributed by atoms with van der Waals surface area (Å²) in [5.41, 5.74) is 8.57. The van der Waals surface area contributed by atoms with E-state index in [0.717, 1.165) is 11.0 Å². The molecule has 0 saturated carbocycles. The number of rotatable bonds is 4. The standard InChI is InChI=1S/C15H19BrN2S/c1-10(17)14-6-7-15(19-14)13-5-4-12(16)8-11(13)9-18(2)3/h4-8,10H,9,17H2,1-3H3. The molecular weight excluding hydrogens is 320 g/mol. The molecule has 0 saturated heterocycles. The van der Waals surface area contributed by atoms with Gasteiger partial charge in [0.15, 0.2) is 0 Å². The van der Waals surface area contributed by atoms with Gasteiger partial charge in [0.25, 0.3) is 0 Å². The molecule has 0 aliphatic rings. The zero-order valence-electron chi connectivity index (χ0n) is 11.5. The van der Waals surface area contributed by atoms with Crippen LogP contribution in [-0.4, -0.2) is 19.0 Å². The lowest BCUT2D eigenvalue weighted by Gasteiger charge is -2.14. The van der Waals surface area contributed by atoms with Crippen molar-refractivity contribution in [2.24, 2.45) is 5.73 Å². The van der Waals surface area contributed by atoms with Crippen molar-refractivity contribution in [1.29, 1.82) is 0 Å². The summed E-state index contributed by atoms with van der Waals surface area (Å²) in [5.74, 6) is 0. The molecule has 19 heavy (non-hydrogen) atoms. The Morgan fingerprint density at radius 2 is 2.00 bits per heavy atom. The molecule has 1 aromatic carbocycles. The molecule has 1 heterocycles. The van der Waals surface area contributed by atoms with Gasteiger partial charge in [-0.25, -0.2) is 0 Å². The van der Waals surface area contributed by atoms with Crippen LogP contribution in [-0.2, 0) is 6.54 Å². The van der Waals surface area contributed by atoms with E-state index >= 15 is 0 Å². The molecule has 2 nitrogen and oxygen atoms in total. The number of nitrogens with two attached hydrogens (primary N) is 1. The van der Waals surface area contributed by atoms with Crippen LogP contribution in [0.2, 0.25) is 0 Å². The number of halogens is 1. The van der Waals surface area contributed by atoms with E-state index in [1.807, 2.05) is 6.92 Å². The SMILES string of the molecule is CC(N)c1ccc(-c2ccc(Br)cc2CN(C)C)s1. The van der Waals surface area contributed by atoms with Crippen LogP contribution in [0.15, 0.2) is 34.8 Å². The molecule has 1 atom stereocenters. The summed E-state index contributed by atoms with van der Waals surface area (Å²) < 4.78 is 1.12. The molecule has 0 radical (unpaired) electrons. The first-order valence-electron chi connectivity index (χ1n) is 6.26. The van der Waals surface area contributed by atoms with E-state index in [1.54, 1.807) is 11.3 Å². The highest BCUT2D eigenvalue weighted by Crippen LogP contribution is 2.34. The molecule has 0 fully saturated rings. The second kappa shape index (κ2) is 6.18. The molecule has 0 bridgehead atoms. The van der Waals surface area contributed by atoms with Crippen LogP contribution < -0.4 is 5.73 Å². The summed E-state index contributed by atoms with van der Waals surface area (Å²) >= 11 is 5.33. The van der Waals surface area contributed by atoms with Crippen molar-refractivity contribution in [2.75, 3.05) is 14.1 Å². The van der Waals surface area contributed by atoms with Gasteiger partial charge in [-0.15, -0.1) is 11.3 Å². The van der Waals surface area contributed by atoms with Crippen LogP contribution in [0, 0.1) is 0 Å². The first-order chi connectivity index (χ1) is 8.97. The summed E-state index contributed by atoms with van der Waals surface area (Å²) in [6, 6.07) is 10.9. The number of hydrogen-bond donors (Lipinski definition) is 1. The Morgan fingerprint density at radius 3 is 2.58 bits per heavy atom. The average molecular weight is 339 g/mol. The van der Waals surface area contributed by atoms with Crippen molar-refractivity contribution < 1.29 is 0 Å². The Kier molecular flexibility index (Phi) is 4.79. The fourth-order valence-electron chi connectivity index (χ4n) is 2.02. The summed E-state index contributed by atoms with van der Waals surface area (Å²) in [6.45, 7) is 2.96. The van der Waals surface area contributed by atoms with Crippen molar-refractivity contribution in [3.05, 3.63) is 45.2 Å². The van der Waals surface area contributed by atoms with Gasteiger partial charge in [-0.05, 0) is 56.4 Å².